The maximum Gasteiger partial charge on any atom is 0.225 e. The number of nitrogens with zero attached hydrogens (tertiary/aromatic N) is 3. The third kappa shape index (κ3) is 3.80. The highest BCUT2D eigenvalue weighted by Gasteiger charge is 2.15. The summed E-state index contributed by atoms with van der Waals surface area (Å²) in [5.41, 5.74) is 1.97. The summed E-state index contributed by atoms with van der Waals surface area (Å²) in [6.07, 6.45) is 1.66. The first kappa shape index (κ1) is 15.7. The molecule has 3 heterocycles. The lowest BCUT2D eigenvalue weighted by Gasteiger charge is -2.28. The van der Waals surface area contributed by atoms with E-state index in [1.165, 1.54) is 0 Å². The molecule has 6 nitrogen and oxygen atoms in total. The zero-order valence-corrected chi connectivity index (χ0v) is 13.9. The van der Waals surface area contributed by atoms with Crippen molar-refractivity contribution < 1.29 is 9.15 Å². The van der Waals surface area contributed by atoms with Gasteiger partial charge in [-0.3, -0.25) is 0 Å². The standard InChI is InChI=1S/C19H20N4O2/c1-2-5-15(6-3-1)17-13-18(23-8-11-24-12-9-23)22-19(21-17)20-14-16-7-4-10-25-16/h1-7,10,13H,8-9,11-12,14H2,(H,20,21,22). The van der Waals surface area contributed by atoms with Crippen molar-refractivity contribution in [2.75, 3.05) is 36.5 Å². The van der Waals surface area contributed by atoms with E-state index in [1.807, 2.05) is 36.4 Å². The van der Waals surface area contributed by atoms with E-state index in [1.54, 1.807) is 6.26 Å². The minimum atomic E-state index is 0.549. The highest BCUT2D eigenvalue weighted by Crippen LogP contribution is 2.24. The summed E-state index contributed by atoms with van der Waals surface area (Å²) in [7, 11) is 0. The lowest BCUT2D eigenvalue weighted by Crippen LogP contribution is -2.36. The molecule has 0 unspecified atom stereocenters. The Hall–Kier alpha value is -2.86. The van der Waals surface area contributed by atoms with Crippen molar-refractivity contribution in [1.29, 1.82) is 0 Å². The second-order valence-corrected chi connectivity index (χ2v) is 5.83. The number of ether oxygens (including phenoxy) is 1. The third-order valence-electron chi connectivity index (χ3n) is 4.12. The summed E-state index contributed by atoms with van der Waals surface area (Å²) >= 11 is 0. The Balaban J connectivity index is 1.64. The van der Waals surface area contributed by atoms with Crippen molar-refractivity contribution in [3.05, 3.63) is 60.6 Å². The summed E-state index contributed by atoms with van der Waals surface area (Å²) in [5.74, 6) is 2.36. The summed E-state index contributed by atoms with van der Waals surface area (Å²) in [4.78, 5) is 11.6. The molecule has 3 aromatic rings. The van der Waals surface area contributed by atoms with E-state index in [-0.39, 0.29) is 0 Å². The van der Waals surface area contributed by atoms with Crippen LogP contribution in [-0.4, -0.2) is 36.3 Å². The van der Waals surface area contributed by atoms with Gasteiger partial charge < -0.3 is 19.4 Å². The number of hydrogen-bond acceptors (Lipinski definition) is 6. The van der Waals surface area contributed by atoms with E-state index >= 15 is 0 Å². The van der Waals surface area contributed by atoms with Gasteiger partial charge in [0.15, 0.2) is 0 Å². The van der Waals surface area contributed by atoms with Crippen LogP contribution in [0, 0.1) is 0 Å². The van der Waals surface area contributed by atoms with Gasteiger partial charge in [0.1, 0.15) is 11.6 Å². The number of nitrogens with one attached hydrogen (secondary N) is 1. The first-order valence-corrected chi connectivity index (χ1v) is 8.42. The molecule has 0 aliphatic carbocycles. The van der Waals surface area contributed by atoms with E-state index in [0.29, 0.717) is 12.5 Å². The number of rotatable bonds is 5. The normalized spacial score (nSPS) is 14.5. The fourth-order valence-electron chi connectivity index (χ4n) is 2.80. The lowest BCUT2D eigenvalue weighted by molar-refractivity contribution is 0.122. The van der Waals surface area contributed by atoms with E-state index < -0.39 is 0 Å². The molecular weight excluding hydrogens is 316 g/mol. The van der Waals surface area contributed by atoms with Crippen molar-refractivity contribution in [2.24, 2.45) is 0 Å². The number of hydrogen-bond donors (Lipinski definition) is 1. The van der Waals surface area contributed by atoms with Crippen molar-refractivity contribution in [3.8, 4) is 11.3 Å². The van der Waals surface area contributed by atoms with Gasteiger partial charge in [-0.2, -0.15) is 4.98 Å². The molecular formula is C19H20N4O2. The van der Waals surface area contributed by atoms with Crippen LogP contribution in [0.25, 0.3) is 11.3 Å². The molecule has 0 spiro atoms. The third-order valence-corrected chi connectivity index (χ3v) is 4.12. The van der Waals surface area contributed by atoms with Crippen molar-refractivity contribution >= 4 is 11.8 Å². The van der Waals surface area contributed by atoms with Gasteiger partial charge in [-0.25, -0.2) is 4.98 Å². The first-order valence-electron chi connectivity index (χ1n) is 8.42. The van der Waals surface area contributed by atoms with Gasteiger partial charge in [-0.05, 0) is 12.1 Å². The minimum Gasteiger partial charge on any atom is -0.467 e. The second kappa shape index (κ2) is 7.36. The van der Waals surface area contributed by atoms with Gasteiger partial charge in [-0.1, -0.05) is 30.3 Å². The smallest absolute Gasteiger partial charge is 0.225 e. The van der Waals surface area contributed by atoms with E-state index in [9.17, 15) is 0 Å². The fraction of sp³-hybridized carbons (Fsp3) is 0.263. The van der Waals surface area contributed by atoms with Gasteiger partial charge >= 0.3 is 0 Å². The quantitative estimate of drug-likeness (QED) is 0.772. The van der Waals surface area contributed by atoms with Crippen molar-refractivity contribution in [1.82, 2.24) is 9.97 Å². The van der Waals surface area contributed by atoms with Crippen LogP contribution in [0.5, 0.6) is 0 Å². The molecule has 2 aromatic heterocycles. The summed E-state index contributed by atoms with van der Waals surface area (Å²) in [5, 5.41) is 3.26. The molecule has 6 heteroatoms. The average Bonchev–Trinajstić information content (AvgIpc) is 3.21. The number of anilines is 2. The molecule has 1 saturated heterocycles. The summed E-state index contributed by atoms with van der Waals surface area (Å²) in [6.45, 7) is 3.67. The van der Waals surface area contributed by atoms with Gasteiger partial charge in [0.05, 0.1) is 31.7 Å². The predicted octanol–water partition coefficient (Wildman–Crippen LogP) is 3.19. The Kier molecular flexibility index (Phi) is 4.61. The number of benzene rings is 1. The Morgan fingerprint density at radius 1 is 1.00 bits per heavy atom. The van der Waals surface area contributed by atoms with Crippen molar-refractivity contribution in [3.63, 3.8) is 0 Å². The molecule has 0 radical (unpaired) electrons. The summed E-state index contributed by atoms with van der Waals surface area (Å²) < 4.78 is 10.8. The Labute approximate surface area is 146 Å². The van der Waals surface area contributed by atoms with E-state index in [2.05, 4.69) is 32.3 Å². The largest absolute Gasteiger partial charge is 0.467 e. The monoisotopic (exact) mass is 336 g/mol. The predicted molar refractivity (Wildman–Crippen MR) is 96.5 cm³/mol. The summed E-state index contributed by atoms with van der Waals surface area (Å²) in [6, 6.07) is 16.0. The van der Waals surface area contributed by atoms with Gasteiger partial charge in [0.25, 0.3) is 0 Å². The maximum absolute atomic E-state index is 5.45. The Morgan fingerprint density at radius 2 is 1.84 bits per heavy atom. The highest BCUT2D eigenvalue weighted by molar-refractivity contribution is 5.64. The van der Waals surface area contributed by atoms with Crippen LogP contribution < -0.4 is 10.2 Å². The number of morpholine rings is 1. The van der Waals surface area contributed by atoms with Crippen LogP contribution in [0.1, 0.15) is 5.76 Å². The topological polar surface area (TPSA) is 63.4 Å². The zero-order chi connectivity index (χ0) is 16.9. The SMILES string of the molecule is c1ccc(-c2cc(N3CCOCC3)nc(NCc3ccco3)n2)cc1. The van der Waals surface area contributed by atoms with Crippen LogP contribution in [0.4, 0.5) is 11.8 Å². The molecule has 1 aliphatic rings. The zero-order valence-electron chi connectivity index (χ0n) is 13.9. The molecule has 25 heavy (non-hydrogen) atoms. The van der Waals surface area contributed by atoms with E-state index in [4.69, 9.17) is 9.15 Å². The molecule has 0 amide bonds. The van der Waals surface area contributed by atoms with Crippen LogP contribution in [-0.2, 0) is 11.3 Å². The molecule has 1 fully saturated rings. The molecule has 128 valence electrons. The van der Waals surface area contributed by atoms with Crippen molar-refractivity contribution in [2.45, 2.75) is 6.54 Å². The van der Waals surface area contributed by atoms with Crippen LogP contribution in [0.2, 0.25) is 0 Å². The molecule has 4 rings (SSSR count). The fourth-order valence-corrected chi connectivity index (χ4v) is 2.80. The van der Waals surface area contributed by atoms with Gasteiger partial charge in [-0.15, -0.1) is 0 Å². The average molecular weight is 336 g/mol. The molecule has 0 atom stereocenters. The molecule has 1 aliphatic heterocycles. The molecule has 0 saturated carbocycles. The van der Waals surface area contributed by atoms with Gasteiger partial charge in [0.2, 0.25) is 5.95 Å². The molecule has 1 N–H and O–H groups in total. The van der Waals surface area contributed by atoms with Gasteiger partial charge in [0, 0.05) is 24.7 Å². The molecule has 0 bridgehead atoms. The second-order valence-electron chi connectivity index (χ2n) is 5.83. The van der Waals surface area contributed by atoms with Crippen LogP contribution in [0.15, 0.2) is 59.2 Å². The Morgan fingerprint density at radius 3 is 2.60 bits per heavy atom. The number of aromatic nitrogens is 2. The van der Waals surface area contributed by atoms with E-state index in [0.717, 1.165) is 49.1 Å². The maximum atomic E-state index is 5.45. The first-order chi connectivity index (χ1) is 12.4. The lowest BCUT2D eigenvalue weighted by atomic mass is 10.1. The van der Waals surface area contributed by atoms with Crippen LogP contribution >= 0.6 is 0 Å². The van der Waals surface area contributed by atoms with Crippen LogP contribution in [0.3, 0.4) is 0 Å². The minimum absolute atomic E-state index is 0.549. The number of furan rings is 1. The highest BCUT2D eigenvalue weighted by atomic mass is 16.5. The molecule has 1 aromatic carbocycles. The Bertz CT molecular complexity index is 800.